The number of benzene rings is 1. The van der Waals surface area contributed by atoms with Gasteiger partial charge in [0.2, 0.25) is 5.91 Å². The van der Waals surface area contributed by atoms with Gasteiger partial charge in [0, 0.05) is 30.7 Å². The minimum atomic E-state index is -3.42. The van der Waals surface area contributed by atoms with Gasteiger partial charge in [0.05, 0.1) is 0 Å². The molecule has 0 spiro atoms. The standard InChI is InChI=1S/C19H22N2O3S2/c1-14-13-16-5-2-3-6-17(16)21(14)19(22)15-8-10-20(11-9-15)26(23,24)18-7-4-12-25-18/h2-7,12,14-15H,8-11,13H2,1H3/t14-/m1/s1. The van der Waals surface area contributed by atoms with Crippen molar-refractivity contribution in [1.29, 1.82) is 0 Å². The number of piperidine rings is 1. The second-order valence-electron chi connectivity index (χ2n) is 7.00. The van der Waals surface area contributed by atoms with E-state index in [0.717, 1.165) is 12.1 Å². The molecule has 1 amide bonds. The van der Waals surface area contributed by atoms with Crippen LogP contribution in [0.5, 0.6) is 0 Å². The van der Waals surface area contributed by atoms with E-state index in [-0.39, 0.29) is 17.9 Å². The molecule has 2 aromatic rings. The number of nitrogens with zero attached hydrogens (tertiary/aromatic N) is 2. The molecule has 2 aliphatic rings. The fourth-order valence-electron chi connectivity index (χ4n) is 3.98. The number of anilines is 1. The zero-order valence-corrected chi connectivity index (χ0v) is 16.3. The van der Waals surface area contributed by atoms with Crippen molar-refractivity contribution in [2.45, 2.75) is 36.4 Å². The summed E-state index contributed by atoms with van der Waals surface area (Å²) in [7, 11) is -3.42. The van der Waals surface area contributed by atoms with Crippen molar-refractivity contribution in [2.75, 3.05) is 18.0 Å². The first kappa shape index (κ1) is 17.7. The molecule has 1 aromatic heterocycles. The van der Waals surface area contributed by atoms with Crippen LogP contribution >= 0.6 is 11.3 Å². The Morgan fingerprint density at radius 1 is 1.12 bits per heavy atom. The Kier molecular flexibility index (Phi) is 4.62. The summed E-state index contributed by atoms with van der Waals surface area (Å²) in [6, 6.07) is 11.6. The fourth-order valence-corrected chi connectivity index (χ4v) is 6.59. The first-order valence-electron chi connectivity index (χ1n) is 8.93. The van der Waals surface area contributed by atoms with Gasteiger partial charge in [0.1, 0.15) is 4.21 Å². The summed E-state index contributed by atoms with van der Waals surface area (Å²) < 4.78 is 27.2. The molecule has 0 saturated carbocycles. The van der Waals surface area contributed by atoms with E-state index in [1.54, 1.807) is 17.5 Å². The summed E-state index contributed by atoms with van der Waals surface area (Å²) in [6.45, 7) is 2.88. The van der Waals surface area contributed by atoms with Crippen molar-refractivity contribution < 1.29 is 13.2 Å². The van der Waals surface area contributed by atoms with Gasteiger partial charge < -0.3 is 4.90 Å². The van der Waals surface area contributed by atoms with Crippen LogP contribution in [-0.4, -0.2) is 37.8 Å². The topological polar surface area (TPSA) is 57.7 Å². The van der Waals surface area contributed by atoms with Crippen LogP contribution in [-0.2, 0) is 21.2 Å². The normalized spacial score (nSPS) is 21.7. The fraction of sp³-hybridized carbons (Fsp3) is 0.421. The van der Waals surface area contributed by atoms with Crippen LogP contribution in [0.4, 0.5) is 5.69 Å². The number of fused-ring (bicyclic) bond motifs is 1. The molecular weight excluding hydrogens is 368 g/mol. The second-order valence-corrected chi connectivity index (χ2v) is 10.1. The van der Waals surface area contributed by atoms with Gasteiger partial charge in [0.15, 0.2) is 0 Å². The van der Waals surface area contributed by atoms with Crippen molar-refractivity contribution in [3.8, 4) is 0 Å². The average molecular weight is 391 g/mol. The Labute approximate surface area is 158 Å². The third kappa shape index (κ3) is 2.98. The van der Waals surface area contributed by atoms with E-state index in [0.29, 0.717) is 30.1 Å². The van der Waals surface area contributed by atoms with Gasteiger partial charge in [0.25, 0.3) is 10.0 Å². The van der Waals surface area contributed by atoms with Crippen LogP contribution < -0.4 is 4.90 Å². The maximum atomic E-state index is 13.1. The third-order valence-electron chi connectivity index (χ3n) is 5.34. The highest BCUT2D eigenvalue weighted by atomic mass is 32.2. The summed E-state index contributed by atoms with van der Waals surface area (Å²) in [5.41, 5.74) is 2.23. The van der Waals surface area contributed by atoms with Crippen LogP contribution in [0.1, 0.15) is 25.3 Å². The SMILES string of the molecule is C[C@@H]1Cc2ccccc2N1C(=O)C1CCN(S(=O)(=O)c2cccs2)CC1. The molecule has 0 unspecified atom stereocenters. The van der Waals surface area contributed by atoms with Crippen LogP contribution in [0.3, 0.4) is 0 Å². The van der Waals surface area contributed by atoms with Crippen LogP contribution in [0, 0.1) is 5.92 Å². The van der Waals surface area contributed by atoms with E-state index in [9.17, 15) is 13.2 Å². The number of amides is 1. The van der Waals surface area contributed by atoms with Gasteiger partial charge in [-0.3, -0.25) is 4.79 Å². The van der Waals surface area contributed by atoms with Gasteiger partial charge in [-0.15, -0.1) is 11.3 Å². The third-order valence-corrected chi connectivity index (χ3v) is 8.61. The smallest absolute Gasteiger partial charge is 0.252 e. The first-order valence-corrected chi connectivity index (χ1v) is 11.2. The highest BCUT2D eigenvalue weighted by molar-refractivity contribution is 7.91. The quantitative estimate of drug-likeness (QED) is 0.809. The zero-order valence-electron chi connectivity index (χ0n) is 14.7. The lowest BCUT2D eigenvalue weighted by molar-refractivity contribution is -0.123. The van der Waals surface area contributed by atoms with Crippen molar-refractivity contribution in [3.05, 3.63) is 47.3 Å². The highest BCUT2D eigenvalue weighted by Gasteiger charge is 2.38. The molecule has 0 radical (unpaired) electrons. The van der Waals surface area contributed by atoms with E-state index in [1.807, 2.05) is 23.1 Å². The molecule has 1 fully saturated rings. The zero-order chi connectivity index (χ0) is 18.3. The molecule has 0 N–H and O–H groups in total. The Morgan fingerprint density at radius 2 is 1.85 bits per heavy atom. The van der Waals surface area contributed by atoms with Gasteiger partial charge >= 0.3 is 0 Å². The van der Waals surface area contributed by atoms with E-state index >= 15 is 0 Å². The molecule has 0 bridgehead atoms. The van der Waals surface area contributed by atoms with Crippen molar-refractivity contribution in [3.63, 3.8) is 0 Å². The van der Waals surface area contributed by atoms with Crippen LogP contribution in [0.25, 0.3) is 0 Å². The van der Waals surface area contributed by atoms with Gasteiger partial charge in [-0.25, -0.2) is 8.42 Å². The van der Waals surface area contributed by atoms with Gasteiger partial charge in [-0.2, -0.15) is 4.31 Å². The number of thiophene rings is 1. The number of para-hydroxylation sites is 1. The predicted molar refractivity (Wildman–Crippen MR) is 103 cm³/mol. The van der Waals surface area contributed by atoms with Gasteiger partial charge in [-0.05, 0) is 49.3 Å². The number of carbonyl (C=O) groups is 1. The average Bonchev–Trinajstić information content (AvgIpc) is 3.29. The lowest BCUT2D eigenvalue weighted by atomic mass is 9.96. The molecule has 2 aliphatic heterocycles. The Bertz CT molecular complexity index is 901. The van der Waals surface area contributed by atoms with Crippen molar-refractivity contribution in [1.82, 2.24) is 4.31 Å². The number of hydrogen-bond acceptors (Lipinski definition) is 4. The van der Waals surface area contributed by atoms with Gasteiger partial charge in [-0.1, -0.05) is 24.3 Å². The second kappa shape index (κ2) is 6.79. The van der Waals surface area contributed by atoms with Crippen LogP contribution in [0.2, 0.25) is 0 Å². The summed E-state index contributed by atoms with van der Waals surface area (Å²) in [5.74, 6) is 0.0222. The van der Waals surface area contributed by atoms with E-state index < -0.39 is 10.0 Å². The maximum absolute atomic E-state index is 13.1. The number of sulfonamides is 1. The molecule has 1 aromatic carbocycles. The first-order chi connectivity index (χ1) is 12.5. The summed E-state index contributed by atoms with van der Waals surface area (Å²) in [5, 5.41) is 1.77. The monoisotopic (exact) mass is 390 g/mol. The number of hydrogen-bond donors (Lipinski definition) is 0. The Morgan fingerprint density at radius 3 is 2.54 bits per heavy atom. The lowest BCUT2D eigenvalue weighted by Gasteiger charge is -2.33. The molecule has 7 heteroatoms. The molecule has 26 heavy (non-hydrogen) atoms. The molecule has 4 rings (SSSR count). The minimum Gasteiger partial charge on any atom is -0.309 e. The Balaban J connectivity index is 1.46. The van der Waals surface area contributed by atoms with E-state index in [4.69, 9.17) is 0 Å². The lowest BCUT2D eigenvalue weighted by Crippen LogP contribution is -2.46. The molecule has 5 nitrogen and oxygen atoms in total. The highest BCUT2D eigenvalue weighted by Crippen LogP contribution is 2.35. The predicted octanol–water partition coefficient (Wildman–Crippen LogP) is 3.13. The van der Waals surface area contributed by atoms with Crippen molar-refractivity contribution in [2.24, 2.45) is 5.92 Å². The minimum absolute atomic E-state index is 0.113. The number of rotatable bonds is 3. The van der Waals surface area contributed by atoms with Crippen molar-refractivity contribution >= 4 is 33.0 Å². The maximum Gasteiger partial charge on any atom is 0.252 e. The molecule has 0 aliphatic carbocycles. The van der Waals surface area contributed by atoms with Crippen LogP contribution in [0.15, 0.2) is 46.0 Å². The Hall–Kier alpha value is -1.70. The van der Waals surface area contributed by atoms with E-state index in [2.05, 4.69) is 13.0 Å². The molecule has 1 atom stereocenters. The van der Waals surface area contributed by atoms with E-state index in [1.165, 1.54) is 21.2 Å². The molecule has 138 valence electrons. The molecular formula is C19H22N2O3S2. The largest absolute Gasteiger partial charge is 0.309 e. The summed E-state index contributed by atoms with van der Waals surface area (Å²) in [6.07, 6.45) is 2.04. The number of carbonyl (C=O) groups excluding carboxylic acids is 1. The summed E-state index contributed by atoms with van der Waals surface area (Å²) >= 11 is 1.24. The molecule has 3 heterocycles. The summed E-state index contributed by atoms with van der Waals surface area (Å²) in [4.78, 5) is 15.0. The molecule has 1 saturated heterocycles.